The van der Waals surface area contributed by atoms with Crippen LogP contribution in [0.4, 0.5) is 4.79 Å². The van der Waals surface area contributed by atoms with E-state index in [0.29, 0.717) is 19.2 Å². The van der Waals surface area contributed by atoms with Gasteiger partial charge in [0.15, 0.2) is 0 Å². The molecule has 1 aliphatic heterocycles. The van der Waals surface area contributed by atoms with Crippen LogP contribution in [0.15, 0.2) is 24.3 Å². The van der Waals surface area contributed by atoms with Crippen LogP contribution in [-0.2, 0) is 20.8 Å². The molecule has 2 amide bonds. The normalized spacial score (nSPS) is 14.9. The van der Waals surface area contributed by atoms with Crippen LogP contribution in [0.1, 0.15) is 45.6 Å². The first kappa shape index (κ1) is 24.9. The zero-order chi connectivity index (χ0) is 22.7. The van der Waals surface area contributed by atoms with E-state index in [1.165, 1.54) is 0 Å². The van der Waals surface area contributed by atoms with Crippen LogP contribution < -0.4 is 15.4 Å². The van der Waals surface area contributed by atoms with Crippen LogP contribution in [0.3, 0.4) is 0 Å². The highest BCUT2D eigenvalue weighted by Crippen LogP contribution is 2.15. The standard InChI is InChI=1S/C23H37N3O5/c1-23(2,3)31-22(28)24-11-8-21(27)25-17-18-6-5-7-20(16-18)30-15-12-26(4)19-9-13-29-14-10-19/h5-7,16,19H,8-15,17H2,1-4H3,(H,24,28)(H,25,27). The van der Waals surface area contributed by atoms with Gasteiger partial charge in [-0.05, 0) is 58.4 Å². The van der Waals surface area contributed by atoms with Gasteiger partial charge in [-0.1, -0.05) is 12.1 Å². The second kappa shape index (κ2) is 12.5. The molecule has 1 heterocycles. The molecular formula is C23H37N3O5. The van der Waals surface area contributed by atoms with E-state index >= 15 is 0 Å². The molecule has 1 aromatic rings. The summed E-state index contributed by atoms with van der Waals surface area (Å²) in [5.41, 5.74) is 0.406. The fourth-order valence-electron chi connectivity index (χ4n) is 3.24. The monoisotopic (exact) mass is 435 g/mol. The van der Waals surface area contributed by atoms with Gasteiger partial charge >= 0.3 is 6.09 Å². The Hall–Kier alpha value is -2.32. The number of alkyl carbamates (subject to hydrolysis) is 1. The first-order valence-electron chi connectivity index (χ1n) is 11.0. The molecule has 174 valence electrons. The molecule has 8 nitrogen and oxygen atoms in total. The van der Waals surface area contributed by atoms with Gasteiger partial charge in [-0.25, -0.2) is 4.79 Å². The molecule has 0 radical (unpaired) electrons. The van der Waals surface area contributed by atoms with Gasteiger partial charge in [0.1, 0.15) is 18.0 Å². The van der Waals surface area contributed by atoms with Crippen LogP contribution in [-0.4, -0.2) is 68.5 Å². The Bertz CT molecular complexity index is 699. The number of carbonyl (C=O) groups is 2. The summed E-state index contributed by atoms with van der Waals surface area (Å²) in [6, 6.07) is 8.28. The van der Waals surface area contributed by atoms with Crippen molar-refractivity contribution in [2.45, 2.75) is 58.2 Å². The molecule has 0 spiro atoms. The summed E-state index contributed by atoms with van der Waals surface area (Å²) in [4.78, 5) is 25.9. The molecule has 0 bridgehead atoms. The van der Waals surface area contributed by atoms with Gasteiger partial charge in [-0.3, -0.25) is 9.69 Å². The fraction of sp³-hybridized carbons (Fsp3) is 0.652. The summed E-state index contributed by atoms with van der Waals surface area (Å²) in [7, 11) is 2.13. The maximum absolute atomic E-state index is 12.0. The van der Waals surface area contributed by atoms with Crippen molar-refractivity contribution >= 4 is 12.0 Å². The smallest absolute Gasteiger partial charge is 0.407 e. The highest BCUT2D eigenvalue weighted by atomic mass is 16.6. The van der Waals surface area contributed by atoms with Gasteiger partial charge in [-0.15, -0.1) is 0 Å². The van der Waals surface area contributed by atoms with Crippen LogP contribution in [0.5, 0.6) is 5.75 Å². The second-order valence-corrected chi connectivity index (χ2v) is 8.78. The first-order chi connectivity index (χ1) is 14.7. The summed E-state index contributed by atoms with van der Waals surface area (Å²) in [5, 5.41) is 5.44. The largest absolute Gasteiger partial charge is 0.492 e. The Morgan fingerprint density at radius 3 is 2.65 bits per heavy atom. The van der Waals surface area contributed by atoms with Crippen LogP contribution in [0.2, 0.25) is 0 Å². The third kappa shape index (κ3) is 10.5. The van der Waals surface area contributed by atoms with Crippen molar-refractivity contribution < 1.29 is 23.8 Å². The molecule has 1 aromatic carbocycles. The van der Waals surface area contributed by atoms with Crippen LogP contribution in [0.25, 0.3) is 0 Å². The number of rotatable bonds is 10. The number of amides is 2. The number of hydrogen-bond donors (Lipinski definition) is 2. The minimum absolute atomic E-state index is 0.138. The maximum Gasteiger partial charge on any atom is 0.407 e. The lowest BCUT2D eigenvalue weighted by Gasteiger charge is -2.31. The van der Waals surface area contributed by atoms with E-state index in [-0.39, 0.29) is 18.9 Å². The van der Waals surface area contributed by atoms with Gasteiger partial charge in [0.05, 0.1) is 0 Å². The average Bonchev–Trinajstić information content (AvgIpc) is 2.72. The van der Waals surface area contributed by atoms with Crippen molar-refractivity contribution in [2.24, 2.45) is 0 Å². The minimum atomic E-state index is -0.556. The number of ether oxygens (including phenoxy) is 3. The van der Waals surface area contributed by atoms with Crippen LogP contribution in [0, 0.1) is 0 Å². The zero-order valence-electron chi connectivity index (χ0n) is 19.2. The fourth-order valence-corrected chi connectivity index (χ4v) is 3.24. The summed E-state index contributed by atoms with van der Waals surface area (Å²) >= 11 is 0. The molecular weight excluding hydrogens is 398 g/mol. The van der Waals surface area contributed by atoms with Crippen molar-refractivity contribution in [1.82, 2.24) is 15.5 Å². The van der Waals surface area contributed by atoms with Gasteiger partial charge in [0.25, 0.3) is 0 Å². The number of nitrogens with one attached hydrogen (secondary N) is 2. The summed E-state index contributed by atoms with van der Waals surface area (Å²) < 4.78 is 16.5. The predicted octanol–water partition coefficient (Wildman–Crippen LogP) is 2.71. The molecule has 1 saturated heterocycles. The van der Waals surface area contributed by atoms with E-state index in [0.717, 1.165) is 43.9 Å². The average molecular weight is 436 g/mol. The Morgan fingerprint density at radius 2 is 1.94 bits per heavy atom. The van der Waals surface area contributed by atoms with Gasteiger partial charge < -0.3 is 24.8 Å². The van der Waals surface area contributed by atoms with E-state index < -0.39 is 11.7 Å². The van der Waals surface area contributed by atoms with Gasteiger partial charge in [0, 0.05) is 45.3 Å². The number of nitrogens with zero attached hydrogens (tertiary/aromatic N) is 1. The third-order valence-electron chi connectivity index (χ3n) is 4.94. The summed E-state index contributed by atoms with van der Waals surface area (Å²) in [6.45, 7) is 9.15. The zero-order valence-corrected chi connectivity index (χ0v) is 19.2. The molecule has 0 unspecified atom stereocenters. The molecule has 1 fully saturated rings. The second-order valence-electron chi connectivity index (χ2n) is 8.78. The summed E-state index contributed by atoms with van der Waals surface area (Å²) in [5.74, 6) is 0.652. The molecule has 0 atom stereocenters. The topological polar surface area (TPSA) is 89.1 Å². The highest BCUT2D eigenvalue weighted by molar-refractivity contribution is 5.77. The molecule has 0 aliphatic carbocycles. The predicted molar refractivity (Wildman–Crippen MR) is 119 cm³/mol. The Balaban J connectivity index is 1.64. The van der Waals surface area contributed by atoms with E-state index in [4.69, 9.17) is 14.2 Å². The number of hydrogen-bond acceptors (Lipinski definition) is 6. The minimum Gasteiger partial charge on any atom is -0.492 e. The van der Waals surface area contributed by atoms with Crippen molar-refractivity contribution in [2.75, 3.05) is 40.0 Å². The molecule has 0 saturated carbocycles. The van der Waals surface area contributed by atoms with Crippen molar-refractivity contribution in [3.8, 4) is 5.75 Å². The first-order valence-corrected chi connectivity index (χ1v) is 11.0. The molecule has 1 aliphatic rings. The Morgan fingerprint density at radius 1 is 1.19 bits per heavy atom. The van der Waals surface area contributed by atoms with E-state index in [2.05, 4.69) is 22.6 Å². The van der Waals surface area contributed by atoms with E-state index in [1.54, 1.807) is 20.8 Å². The van der Waals surface area contributed by atoms with Gasteiger partial charge in [0.2, 0.25) is 5.91 Å². The molecule has 2 N–H and O–H groups in total. The number of benzene rings is 1. The Labute approximate surface area is 185 Å². The number of likely N-dealkylation sites (N-methyl/N-ethyl adjacent to an activating group) is 1. The van der Waals surface area contributed by atoms with Crippen molar-refractivity contribution in [3.05, 3.63) is 29.8 Å². The lowest BCUT2D eigenvalue weighted by molar-refractivity contribution is -0.121. The van der Waals surface area contributed by atoms with Crippen molar-refractivity contribution in [1.29, 1.82) is 0 Å². The van der Waals surface area contributed by atoms with Crippen molar-refractivity contribution in [3.63, 3.8) is 0 Å². The lowest BCUT2D eigenvalue weighted by Crippen LogP contribution is -2.38. The maximum atomic E-state index is 12.0. The van der Waals surface area contributed by atoms with E-state index in [1.807, 2.05) is 24.3 Å². The quantitative estimate of drug-likeness (QED) is 0.587. The number of carbonyl (C=O) groups excluding carboxylic acids is 2. The summed E-state index contributed by atoms with van der Waals surface area (Å²) in [6.07, 6.45) is 1.80. The van der Waals surface area contributed by atoms with Crippen LogP contribution >= 0.6 is 0 Å². The van der Waals surface area contributed by atoms with E-state index in [9.17, 15) is 9.59 Å². The highest BCUT2D eigenvalue weighted by Gasteiger charge is 2.18. The third-order valence-corrected chi connectivity index (χ3v) is 4.94. The Kier molecular flexibility index (Phi) is 10.1. The molecule has 8 heteroatoms. The lowest BCUT2D eigenvalue weighted by atomic mass is 10.1. The molecule has 2 rings (SSSR count). The van der Waals surface area contributed by atoms with Gasteiger partial charge in [-0.2, -0.15) is 0 Å². The molecule has 31 heavy (non-hydrogen) atoms. The SMILES string of the molecule is CN(CCOc1cccc(CNC(=O)CCNC(=O)OC(C)(C)C)c1)C1CCOCC1. The molecule has 0 aromatic heterocycles.